The molecule has 0 spiro atoms. The van der Waals surface area contributed by atoms with Gasteiger partial charge in [0.15, 0.2) is 0 Å². The number of carboxylic acid groups (broad SMARTS) is 1. The maximum absolute atomic E-state index is 12.6. The van der Waals surface area contributed by atoms with Crippen LogP contribution in [0.3, 0.4) is 0 Å². The third-order valence-electron chi connectivity index (χ3n) is 5.15. The number of nitrogens with zero attached hydrogens (tertiary/aromatic N) is 2. The number of hydrogen-bond acceptors (Lipinski definition) is 4. The van der Waals surface area contributed by atoms with Crippen molar-refractivity contribution in [1.29, 1.82) is 0 Å². The minimum atomic E-state index is -1.16. The van der Waals surface area contributed by atoms with Gasteiger partial charge in [-0.2, -0.15) is 0 Å². The van der Waals surface area contributed by atoms with Crippen LogP contribution in [0.2, 0.25) is 0 Å². The third-order valence-corrected chi connectivity index (χ3v) is 5.15. The van der Waals surface area contributed by atoms with Crippen LogP contribution in [0, 0.1) is 6.92 Å². The largest absolute Gasteiger partial charge is 0.477 e. The lowest BCUT2D eigenvalue weighted by molar-refractivity contribution is 0.0695. The molecular weight excluding hydrogens is 306 g/mol. The first-order valence-electron chi connectivity index (χ1n) is 8.39. The van der Waals surface area contributed by atoms with E-state index in [2.05, 4.69) is 4.90 Å². The molecule has 1 saturated heterocycles. The van der Waals surface area contributed by atoms with Gasteiger partial charge in [0.05, 0.1) is 5.52 Å². The molecule has 0 bridgehead atoms. The van der Waals surface area contributed by atoms with Gasteiger partial charge in [0.2, 0.25) is 5.43 Å². The second-order valence-electron chi connectivity index (χ2n) is 6.92. The standard InChI is InChI=1S/C18H21N3O3/c1-10-15(20-7-6-11(19)8-20)5-4-13-16(10)21(12-2-3-12)9-14(17(13)22)18(23)24/h4-5,9,11-12H,2-3,6-8,19H2,1H3,(H,23,24)/t11-/m0/s1. The number of anilines is 1. The van der Waals surface area contributed by atoms with E-state index < -0.39 is 11.4 Å². The predicted octanol–water partition coefficient (Wildman–Crippen LogP) is 1.88. The molecule has 1 aliphatic carbocycles. The summed E-state index contributed by atoms with van der Waals surface area (Å²) in [6.07, 6.45) is 4.53. The molecule has 0 amide bonds. The molecule has 4 rings (SSSR count). The first kappa shape index (κ1) is 15.2. The minimum absolute atomic E-state index is 0.148. The van der Waals surface area contributed by atoms with Crippen molar-refractivity contribution in [2.24, 2.45) is 5.73 Å². The number of rotatable bonds is 3. The normalized spacial score (nSPS) is 20.8. The van der Waals surface area contributed by atoms with E-state index in [1.165, 1.54) is 6.20 Å². The Balaban J connectivity index is 1.97. The zero-order valence-electron chi connectivity index (χ0n) is 13.7. The zero-order chi connectivity index (χ0) is 17.0. The molecule has 6 nitrogen and oxygen atoms in total. The summed E-state index contributed by atoms with van der Waals surface area (Å²) < 4.78 is 2.00. The van der Waals surface area contributed by atoms with E-state index in [9.17, 15) is 14.7 Å². The first-order chi connectivity index (χ1) is 11.5. The molecule has 0 radical (unpaired) electrons. The van der Waals surface area contributed by atoms with Crippen LogP contribution in [-0.4, -0.2) is 34.8 Å². The fourth-order valence-electron chi connectivity index (χ4n) is 3.75. The van der Waals surface area contributed by atoms with Crippen molar-refractivity contribution in [3.63, 3.8) is 0 Å². The van der Waals surface area contributed by atoms with Gasteiger partial charge >= 0.3 is 5.97 Å². The highest BCUT2D eigenvalue weighted by molar-refractivity contribution is 5.95. The van der Waals surface area contributed by atoms with Crippen molar-refractivity contribution in [1.82, 2.24) is 4.57 Å². The van der Waals surface area contributed by atoms with Gasteiger partial charge in [-0.05, 0) is 43.9 Å². The smallest absolute Gasteiger partial charge is 0.341 e. The number of hydrogen-bond donors (Lipinski definition) is 2. The number of aromatic carboxylic acids is 1. The Morgan fingerprint density at radius 3 is 2.62 bits per heavy atom. The van der Waals surface area contributed by atoms with Crippen molar-refractivity contribution in [2.75, 3.05) is 18.0 Å². The molecule has 24 heavy (non-hydrogen) atoms. The summed E-state index contributed by atoms with van der Waals surface area (Å²) in [6.45, 7) is 3.74. The Hall–Kier alpha value is -2.34. The van der Waals surface area contributed by atoms with E-state index in [4.69, 9.17) is 5.73 Å². The van der Waals surface area contributed by atoms with Crippen molar-refractivity contribution >= 4 is 22.6 Å². The lowest BCUT2D eigenvalue weighted by Gasteiger charge is -2.23. The minimum Gasteiger partial charge on any atom is -0.477 e. The Bertz CT molecular complexity index is 898. The molecule has 1 aromatic carbocycles. The van der Waals surface area contributed by atoms with Crippen LogP contribution in [0.1, 0.15) is 41.2 Å². The van der Waals surface area contributed by atoms with E-state index >= 15 is 0 Å². The monoisotopic (exact) mass is 327 g/mol. The molecule has 2 aliphatic rings. The molecule has 1 saturated carbocycles. The van der Waals surface area contributed by atoms with E-state index in [0.29, 0.717) is 11.4 Å². The molecule has 2 aromatic rings. The summed E-state index contributed by atoms with van der Waals surface area (Å²) in [4.78, 5) is 26.3. The van der Waals surface area contributed by atoms with Gasteiger partial charge in [-0.1, -0.05) is 0 Å². The Kier molecular flexibility index (Phi) is 3.38. The van der Waals surface area contributed by atoms with Crippen molar-refractivity contribution in [3.8, 4) is 0 Å². The molecule has 6 heteroatoms. The van der Waals surface area contributed by atoms with Gasteiger partial charge in [-0.3, -0.25) is 4.79 Å². The fraction of sp³-hybridized carbons (Fsp3) is 0.444. The SMILES string of the molecule is Cc1c(N2CC[C@H](N)C2)ccc2c(=O)c(C(=O)O)cn(C3CC3)c12. The lowest BCUT2D eigenvalue weighted by atomic mass is 10.0. The van der Waals surface area contributed by atoms with E-state index in [1.807, 2.05) is 17.6 Å². The zero-order valence-corrected chi connectivity index (χ0v) is 13.7. The van der Waals surface area contributed by atoms with Gasteiger partial charge in [-0.15, -0.1) is 0 Å². The highest BCUT2D eigenvalue weighted by Gasteiger charge is 2.29. The number of nitrogens with two attached hydrogens (primary N) is 1. The highest BCUT2D eigenvalue weighted by Crippen LogP contribution is 2.39. The molecule has 1 aliphatic heterocycles. The van der Waals surface area contributed by atoms with Crippen LogP contribution in [0.4, 0.5) is 5.69 Å². The molecule has 126 valence electrons. The molecule has 2 heterocycles. The van der Waals surface area contributed by atoms with Crippen molar-refractivity contribution in [2.45, 2.75) is 38.3 Å². The summed E-state index contributed by atoms with van der Waals surface area (Å²) in [5, 5.41) is 9.83. The van der Waals surface area contributed by atoms with Crippen LogP contribution < -0.4 is 16.1 Å². The number of carbonyl (C=O) groups is 1. The number of benzene rings is 1. The Morgan fingerprint density at radius 1 is 1.29 bits per heavy atom. The third kappa shape index (κ3) is 2.29. The Labute approximate surface area is 139 Å². The van der Waals surface area contributed by atoms with Crippen LogP contribution in [0.25, 0.3) is 10.9 Å². The van der Waals surface area contributed by atoms with Crippen LogP contribution >= 0.6 is 0 Å². The second-order valence-corrected chi connectivity index (χ2v) is 6.92. The molecule has 0 unspecified atom stereocenters. The number of fused-ring (bicyclic) bond motifs is 1. The Morgan fingerprint density at radius 2 is 2.04 bits per heavy atom. The summed E-state index contributed by atoms with van der Waals surface area (Å²) in [7, 11) is 0. The van der Waals surface area contributed by atoms with Gasteiger partial charge in [-0.25, -0.2) is 4.79 Å². The predicted molar refractivity (Wildman–Crippen MR) is 93.0 cm³/mol. The topological polar surface area (TPSA) is 88.6 Å². The fourth-order valence-corrected chi connectivity index (χ4v) is 3.75. The van der Waals surface area contributed by atoms with E-state index in [0.717, 1.165) is 49.1 Å². The van der Waals surface area contributed by atoms with E-state index in [1.54, 1.807) is 6.07 Å². The summed E-state index contributed by atoms with van der Waals surface area (Å²) in [6, 6.07) is 4.18. The second kappa shape index (κ2) is 5.34. The van der Waals surface area contributed by atoms with Gasteiger partial charge < -0.3 is 20.3 Å². The molecule has 1 atom stereocenters. The van der Waals surface area contributed by atoms with Crippen LogP contribution in [0.5, 0.6) is 0 Å². The summed E-state index contributed by atoms with van der Waals surface area (Å²) in [5.74, 6) is -1.16. The quantitative estimate of drug-likeness (QED) is 0.898. The van der Waals surface area contributed by atoms with Crippen molar-refractivity contribution < 1.29 is 9.90 Å². The number of carboxylic acids is 1. The average Bonchev–Trinajstić information content (AvgIpc) is 3.29. The highest BCUT2D eigenvalue weighted by atomic mass is 16.4. The maximum Gasteiger partial charge on any atom is 0.341 e. The summed E-state index contributed by atoms with van der Waals surface area (Å²) in [5.41, 5.74) is 8.47. The van der Waals surface area contributed by atoms with Gasteiger partial charge in [0.1, 0.15) is 5.56 Å². The van der Waals surface area contributed by atoms with E-state index in [-0.39, 0.29) is 11.6 Å². The van der Waals surface area contributed by atoms with Gasteiger partial charge in [0.25, 0.3) is 0 Å². The van der Waals surface area contributed by atoms with Crippen LogP contribution in [0.15, 0.2) is 23.1 Å². The first-order valence-corrected chi connectivity index (χ1v) is 8.39. The molecule has 3 N–H and O–H groups in total. The average molecular weight is 327 g/mol. The molecular formula is C18H21N3O3. The van der Waals surface area contributed by atoms with Crippen molar-refractivity contribution in [3.05, 3.63) is 39.7 Å². The summed E-state index contributed by atoms with van der Waals surface area (Å²) >= 11 is 0. The molecule has 1 aromatic heterocycles. The van der Waals surface area contributed by atoms with Crippen LogP contribution in [-0.2, 0) is 0 Å². The number of aryl methyl sites for hydroxylation is 1. The van der Waals surface area contributed by atoms with Gasteiger partial charge in [0, 0.05) is 42.4 Å². The number of pyridine rings is 1. The lowest BCUT2D eigenvalue weighted by Crippen LogP contribution is -2.27. The maximum atomic E-state index is 12.6. The molecule has 2 fully saturated rings. The number of aromatic nitrogens is 1.